The number of ether oxygens (including phenoxy) is 5. The number of rotatable bonds is 11. The topological polar surface area (TPSA) is 145 Å². The van der Waals surface area contributed by atoms with Gasteiger partial charge in [-0.05, 0) is 84.9 Å². The molecular weight excluding hydrogens is 747 g/mol. The lowest BCUT2D eigenvalue weighted by atomic mass is 9.95. The normalized spacial score (nSPS) is 18.7. The van der Waals surface area contributed by atoms with E-state index >= 15 is 0 Å². The summed E-state index contributed by atoms with van der Waals surface area (Å²) in [6.07, 6.45) is 4.65. The number of thiazole rings is 1. The van der Waals surface area contributed by atoms with E-state index in [1.807, 2.05) is 13.8 Å². The Balaban J connectivity index is 1.36. The minimum absolute atomic E-state index is 0.00153. The number of aromatic nitrogens is 1. The number of allylic oxidation sites excluding steroid dienone is 2. The van der Waals surface area contributed by atoms with Gasteiger partial charge in [-0.25, -0.2) is 14.6 Å². The van der Waals surface area contributed by atoms with Gasteiger partial charge in [0.1, 0.15) is 4.49 Å². The van der Waals surface area contributed by atoms with Gasteiger partial charge < -0.3 is 28.1 Å². The van der Waals surface area contributed by atoms with Crippen LogP contribution < -0.4 is 33.8 Å². The molecule has 15 heteroatoms. The molecule has 6 rings (SSSR count). The molecule has 276 valence electrons. The van der Waals surface area contributed by atoms with Gasteiger partial charge in [-0.15, -0.1) is 0 Å². The maximum atomic E-state index is 14.2. The predicted molar refractivity (Wildman–Crippen MR) is 196 cm³/mol. The summed E-state index contributed by atoms with van der Waals surface area (Å²) < 4.78 is 34.7. The molecule has 2 aromatic carbocycles. The SMILES string of the molecule is CCOC(=O)C1=C(C)N=c2s/c(=C\c3ccc(OC(=O)[C@@H]4[C@@H](C=C(Cl)Cl)C4(C)C)c(OC)c3)c(=O)n2[C@@H]1c1ccc(OC(=O)c2ccco2)c(OC)c1. The Morgan fingerprint density at radius 3 is 2.34 bits per heavy atom. The molecule has 1 saturated carbocycles. The van der Waals surface area contributed by atoms with Gasteiger partial charge in [-0.2, -0.15) is 0 Å². The molecule has 3 atom stereocenters. The Kier molecular flexibility index (Phi) is 10.7. The van der Waals surface area contributed by atoms with Crippen LogP contribution in [0.5, 0.6) is 23.0 Å². The molecule has 4 aromatic rings. The summed E-state index contributed by atoms with van der Waals surface area (Å²) >= 11 is 12.8. The van der Waals surface area contributed by atoms with E-state index in [0.29, 0.717) is 26.2 Å². The summed E-state index contributed by atoms with van der Waals surface area (Å²) in [4.78, 5) is 58.3. The molecule has 0 bridgehead atoms. The molecule has 1 fully saturated rings. The molecule has 0 amide bonds. The highest BCUT2D eigenvalue weighted by Crippen LogP contribution is 2.60. The second-order valence-electron chi connectivity index (χ2n) is 12.7. The third-order valence-corrected chi connectivity index (χ3v) is 10.3. The van der Waals surface area contributed by atoms with Crippen molar-refractivity contribution in [1.29, 1.82) is 0 Å². The van der Waals surface area contributed by atoms with E-state index in [1.165, 1.54) is 37.2 Å². The maximum absolute atomic E-state index is 14.2. The van der Waals surface area contributed by atoms with Crippen molar-refractivity contribution in [2.45, 2.75) is 33.7 Å². The number of benzene rings is 2. The fourth-order valence-corrected chi connectivity index (χ4v) is 7.66. The van der Waals surface area contributed by atoms with Crippen molar-refractivity contribution < 1.29 is 42.5 Å². The van der Waals surface area contributed by atoms with Gasteiger partial charge in [-0.1, -0.05) is 60.5 Å². The first-order chi connectivity index (χ1) is 25.3. The van der Waals surface area contributed by atoms with E-state index in [2.05, 4.69) is 4.99 Å². The molecule has 2 aliphatic rings. The molecular formula is C38H34Cl2N2O10S. The number of hydrogen-bond donors (Lipinski definition) is 0. The van der Waals surface area contributed by atoms with Crippen LogP contribution in [0, 0.1) is 17.3 Å². The van der Waals surface area contributed by atoms with Crippen molar-refractivity contribution in [2.75, 3.05) is 20.8 Å². The molecule has 0 unspecified atom stereocenters. The Bertz CT molecular complexity index is 2350. The predicted octanol–water partition coefficient (Wildman–Crippen LogP) is 6.12. The number of fused-ring (bicyclic) bond motifs is 1. The smallest absolute Gasteiger partial charge is 0.379 e. The van der Waals surface area contributed by atoms with E-state index in [-0.39, 0.29) is 56.8 Å². The first kappa shape index (κ1) is 37.6. The number of halogens is 2. The first-order valence-corrected chi connectivity index (χ1v) is 17.9. The van der Waals surface area contributed by atoms with Crippen LogP contribution in [-0.2, 0) is 14.3 Å². The average molecular weight is 782 g/mol. The largest absolute Gasteiger partial charge is 0.493 e. The van der Waals surface area contributed by atoms with E-state index in [4.69, 9.17) is 51.3 Å². The van der Waals surface area contributed by atoms with Crippen LogP contribution in [0.4, 0.5) is 0 Å². The standard InChI is InChI=1S/C38H34Cl2N2O10S/c1-7-49-35(45)30-19(2)41-37-42(32(30)21-11-13-24(27(17-21)48-6)51-34(44)25-9-8-14-50-25)33(43)28(53-37)16-20-10-12-23(26(15-20)47-5)52-36(46)31-22(18-29(39)40)38(31,3)4/h8-18,22,31-32H,7H2,1-6H3/b28-16-/t22-,31+,32-/m1/s1. The molecule has 53 heavy (non-hydrogen) atoms. The van der Waals surface area contributed by atoms with Crippen LogP contribution in [0.2, 0.25) is 0 Å². The monoisotopic (exact) mass is 780 g/mol. The molecule has 3 heterocycles. The molecule has 12 nitrogen and oxygen atoms in total. The minimum Gasteiger partial charge on any atom is -0.493 e. The van der Waals surface area contributed by atoms with E-state index in [0.717, 1.165) is 11.3 Å². The van der Waals surface area contributed by atoms with Gasteiger partial charge in [0.2, 0.25) is 5.76 Å². The summed E-state index contributed by atoms with van der Waals surface area (Å²) in [6, 6.07) is 11.7. The molecule has 1 aliphatic carbocycles. The Morgan fingerprint density at radius 2 is 1.68 bits per heavy atom. The van der Waals surface area contributed by atoms with Gasteiger partial charge in [0.15, 0.2) is 27.8 Å². The zero-order chi connectivity index (χ0) is 38.2. The molecule has 1 aliphatic heterocycles. The maximum Gasteiger partial charge on any atom is 0.379 e. The number of methoxy groups -OCH3 is 2. The van der Waals surface area contributed by atoms with Crippen LogP contribution in [0.1, 0.15) is 55.4 Å². The Labute approximate surface area is 317 Å². The number of esters is 3. The number of carbonyl (C=O) groups is 3. The van der Waals surface area contributed by atoms with Gasteiger partial charge in [0, 0.05) is 0 Å². The molecule has 0 saturated heterocycles. The highest BCUT2D eigenvalue weighted by molar-refractivity contribution is 7.07. The highest BCUT2D eigenvalue weighted by Gasteiger charge is 2.61. The summed E-state index contributed by atoms with van der Waals surface area (Å²) in [7, 11) is 2.85. The van der Waals surface area contributed by atoms with Crippen molar-refractivity contribution in [3.63, 3.8) is 0 Å². The molecule has 0 spiro atoms. The summed E-state index contributed by atoms with van der Waals surface area (Å²) in [6.45, 7) is 7.32. The van der Waals surface area contributed by atoms with Crippen LogP contribution in [-0.4, -0.2) is 43.3 Å². The Hall–Kier alpha value is -5.11. The van der Waals surface area contributed by atoms with E-state index < -0.39 is 35.4 Å². The molecule has 0 N–H and O–H groups in total. The zero-order valence-electron chi connectivity index (χ0n) is 29.4. The zero-order valence-corrected chi connectivity index (χ0v) is 31.8. The lowest BCUT2D eigenvalue weighted by Gasteiger charge is -2.25. The molecule has 2 aromatic heterocycles. The lowest BCUT2D eigenvalue weighted by molar-refractivity contribution is -0.139. The van der Waals surface area contributed by atoms with Gasteiger partial charge >= 0.3 is 17.9 Å². The van der Waals surface area contributed by atoms with Crippen LogP contribution in [0.15, 0.2) is 90.8 Å². The first-order valence-electron chi connectivity index (χ1n) is 16.3. The second-order valence-corrected chi connectivity index (χ2v) is 14.7. The number of nitrogens with zero attached hydrogens (tertiary/aromatic N) is 2. The third-order valence-electron chi connectivity index (χ3n) is 9.11. The summed E-state index contributed by atoms with van der Waals surface area (Å²) in [5.74, 6) is -1.66. The number of carbonyl (C=O) groups excluding carboxylic acids is 3. The Morgan fingerprint density at radius 1 is 0.981 bits per heavy atom. The minimum atomic E-state index is -0.966. The number of furan rings is 1. The van der Waals surface area contributed by atoms with Gasteiger partial charge in [0.25, 0.3) is 5.56 Å². The van der Waals surface area contributed by atoms with Crippen LogP contribution >= 0.6 is 34.5 Å². The van der Waals surface area contributed by atoms with Crippen LogP contribution in [0.3, 0.4) is 0 Å². The summed E-state index contributed by atoms with van der Waals surface area (Å²) in [5.41, 5.74) is 0.773. The summed E-state index contributed by atoms with van der Waals surface area (Å²) in [5, 5.41) is 0. The average Bonchev–Trinajstić information content (AvgIpc) is 3.47. The van der Waals surface area contributed by atoms with Crippen LogP contribution in [0.25, 0.3) is 6.08 Å². The van der Waals surface area contributed by atoms with Crippen molar-refractivity contribution in [3.05, 3.63) is 113 Å². The quantitative estimate of drug-likeness (QED) is 0.129. The van der Waals surface area contributed by atoms with Crippen molar-refractivity contribution >= 4 is 58.5 Å². The molecule has 0 radical (unpaired) electrons. The highest BCUT2D eigenvalue weighted by atomic mass is 35.5. The fraction of sp³-hybridized carbons (Fsp3) is 0.289. The third kappa shape index (κ3) is 7.41. The van der Waals surface area contributed by atoms with Crippen molar-refractivity contribution in [3.8, 4) is 23.0 Å². The number of hydrogen-bond acceptors (Lipinski definition) is 12. The lowest BCUT2D eigenvalue weighted by Crippen LogP contribution is -2.40. The van der Waals surface area contributed by atoms with Gasteiger partial charge in [-0.3, -0.25) is 14.2 Å². The van der Waals surface area contributed by atoms with Crippen molar-refractivity contribution in [1.82, 2.24) is 4.57 Å². The van der Waals surface area contributed by atoms with Gasteiger partial charge in [0.05, 0.1) is 54.9 Å². The van der Waals surface area contributed by atoms with E-state index in [1.54, 1.807) is 62.4 Å². The fourth-order valence-electron chi connectivity index (χ4n) is 6.35. The van der Waals surface area contributed by atoms with Crippen molar-refractivity contribution in [2.24, 2.45) is 22.2 Å². The van der Waals surface area contributed by atoms with E-state index in [9.17, 15) is 19.2 Å². The second kappa shape index (κ2) is 15.1.